The van der Waals surface area contributed by atoms with Crippen molar-refractivity contribution in [3.05, 3.63) is 120 Å². The van der Waals surface area contributed by atoms with Crippen LogP contribution in [-0.2, 0) is 20.2 Å². The van der Waals surface area contributed by atoms with Crippen molar-refractivity contribution in [1.29, 1.82) is 0 Å². The number of phenols is 2. The average Bonchev–Trinajstić information content (AvgIpc) is 3.10. The van der Waals surface area contributed by atoms with Crippen LogP contribution in [-0.4, -0.2) is 54.0 Å². The first-order valence-corrected chi connectivity index (χ1v) is 17.8. The van der Waals surface area contributed by atoms with Crippen molar-refractivity contribution in [2.45, 2.75) is 9.79 Å². The van der Waals surface area contributed by atoms with E-state index in [0.29, 0.717) is 22.1 Å². The van der Waals surface area contributed by atoms with Gasteiger partial charge in [0.1, 0.15) is 11.5 Å². The van der Waals surface area contributed by atoms with Gasteiger partial charge in [0.15, 0.2) is 0 Å². The molecule has 0 aliphatic rings. The highest BCUT2D eigenvalue weighted by molar-refractivity contribution is 7.86. The van der Waals surface area contributed by atoms with E-state index in [2.05, 4.69) is 21.3 Å². The minimum Gasteiger partial charge on any atom is -0.506 e. The number of carbonyl (C=O) groups is 3. The summed E-state index contributed by atoms with van der Waals surface area (Å²) >= 11 is 0. The molecule has 0 atom stereocenters. The third-order valence-electron chi connectivity index (χ3n) is 7.82. The molecule has 0 unspecified atom stereocenters. The quantitative estimate of drug-likeness (QED) is 0.0659. The predicted molar refractivity (Wildman–Crippen MR) is 192 cm³/mol. The molecule has 17 heteroatoms. The maximum Gasteiger partial charge on any atom is 0.323 e. The highest BCUT2D eigenvalue weighted by atomic mass is 32.2. The topological polar surface area (TPSA) is 249 Å². The standard InChI is InChI=1S/C35H26N4O11S2/c40-29-15-7-19-5-13-25(51(45,46)47)17-27(19)31(29)38-33(42)21-1-9-23(10-2-21)36-35(44)37-24-11-3-22(4-12-24)34(43)39-32-28-18-26(52(48,49)50)14-6-20(28)8-16-30(32)41/h1-18,40-41H,(H,38,42)(H,39,43)(H2,36,37,44)(H,45,46,47)(H,48,49,50). The minimum atomic E-state index is -4.55. The van der Waals surface area contributed by atoms with E-state index < -0.39 is 47.9 Å². The van der Waals surface area contributed by atoms with E-state index >= 15 is 0 Å². The van der Waals surface area contributed by atoms with Crippen molar-refractivity contribution in [2.24, 2.45) is 0 Å². The monoisotopic (exact) mass is 742 g/mol. The molecule has 6 aromatic carbocycles. The molecule has 264 valence electrons. The molecular formula is C35H26N4O11S2. The van der Waals surface area contributed by atoms with Crippen LogP contribution in [0.25, 0.3) is 21.5 Å². The van der Waals surface area contributed by atoms with Crippen molar-refractivity contribution in [3.8, 4) is 11.5 Å². The normalized spacial score (nSPS) is 11.6. The summed E-state index contributed by atoms with van der Waals surface area (Å²) in [7, 11) is -9.09. The van der Waals surface area contributed by atoms with Crippen LogP contribution >= 0.6 is 0 Å². The van der Waals surface area contributed by atoms with Gasteiger partial charge < -0.3 is 31.5 Å². The van der Waals surface area contributed by atoms with Crippen LogP contribution in [0.1, 0.15) is 20.7 Å². The Kier molecular flexibility index (Phi) is 9.26. The Balaban J connectivity index is 1.09. The number of benzene rings is 6. The second-order valence-electron chi connectivity index (χ2n) is 11.3. The van der Waals surface area contributed by atoms with Crippen LogP contribution in [0.5, 0.6) is 11.5 Å². The number of rotatable bonds is 8. The number of aromatic hydroxyl groups is 2. The summed E-state index contributed by atoms with van der Waals surface area (Å²) in [4.78, 5) is 37.8. The highest BCUT2D eigenvalue weighted by Crippen LogP contribution is 2.36. The van der Waals surface area contributed by atoms with E-state index in [1.807, 2.05) is 0 Å². The first-order valence-electron chi connectivity index (χ1n) is 14.9. The van der Waals surface area contributed by atoms with Gasteiger partial charge >= 0.3 is 6.03 Å². The summed E-state index contributed by atoms with van der Waals surface area (Å²) in [5, 5.41) is 32.4. The maximum absolute atomic E-state index is 13.0. The van der Waals surface area contributed by atoms with Crippen LogP contribution in [0, 0.1) is 0 Å². The third kappa shape index (κ3) is 7.62. The molecule has 0 fully saturated rings. The highest BCUT2D eigenvalue weighted by Gasteiger charge is 2.18. The van der Waals surface area contributed by atoms with Crippen LogP contribution in [0.2, 0.25) is 0 Å². The van der Waals surface area contributed by atoms with Crippen molar-refractivity contribution in [2.75, 3.05) is 21.3 Å². The molecule has 0 spiro atoms. The number of carbonyl (C=O) groups excluding carboxylic acids is 3. The van der Waals surface area contributed by atoms with Gasteiger partial charge in [-0.05, 0) is 95.7 Å². The second-order valence-corrected chi connectivity index (χ2v) is 14.1. The fourth-order valence-electron chi connectivity index (χ4n) is 5.23. The molecule has 0 aliphatic heterocycles. The lowest BCUT2D eigenvalue weighted by molar-refractivity contribution is 0.101. The van der Waals surface area contributed by atoms with Crippen molar-refractivity contribution >= 4 is 82.4 Å². The average molecular weight is 743 g/mol. The summed E-state index contributed by atoms with van der Waals surface area (Å²) < 4.78 is 65.3. The Labute approximate surface area is 295 Å². The number of fused-ring (bicyclic) bond motifs is 2. The van der Waals surface area contributed by atoms with Crippen LogP contribution in [0.15, 0.2) is 119 Å². The third-order valence-corrected chi connectivity index (χ3v) is 9.52. The zero-order valence-electron chi connectivity index (χ0n) is 26.4. The number of anilines is 4. The molecule has 0 saturated carbocycles. The molecule has 0 saturated heterocycles. The van der Waals surface area contributed by atoms with Crippen LogP contribution in [0.4, 0.5) is 27.5 Å². The lowest BCUT2D eigenvalue weighted by Crippen LogP contribution is -2.20. The number of nitrogens with one attached hydrogen (secondary N) is 4. The molecule has 8 N–H and O–H groups in total. The molecule has 4 amide bonds. The number of phenolic OH excluding ortho intramolecular Hbond substituents is 2. The Morgan fingerprint density at radius 1 is 0.462 bits per heavy atom. The summed E-state index contributed by atoms with van der Waals surface area (Å²) in [5.74, 6) is -1.98. The van der Waals surface area contributed by atoms with Gasteiger partial charge in [-0.15, -0.1) is 0 Å². The van der Waals surface area contributed by atoms with Gasteiger partial charge in [0.05, 0.1) is 21.2 Å². The molecule has 15 nitrogen and oxygen atoms in total. The summed E-state index contributed by atoms with van der Waals surface area (Å²) in [6, 6.07) is 23.9. The first-order chi connectivity index (χ1) is 24.6. The molecule has 0 aromatic heterocycles. The van der Waals surface area contributed by atoms with Gasteiger partial charge in [-0.3, -0.25) is 18.7 Å². The summed E-state index contributed by atoms with van der Waals surface area (Å²) in [6.45, 7) is 0. The lowest BCUT2D eigenvalue weighted by Gasteiger charge is -2.13. The van der Waals surface area contributed by atoms with E-state index in [9.17, 15) is 50.5 Å². The molecule has 0 aliphatic carbocycles. The van der Waals surface area contributed by atoms with E-state index in [1.54, 1.807) is 0 Å². The van der Waals surface area contributed by atoms with Crippen molar-refractivity contribution in [3.63, 3.8) is 0 Å². The number of amides is 4. The van der Waals surface area contributed by atoms with Gasteiger partial charge in [-0.1, -0.05) is 24.3 Å². The molecule has 0 bridgehead atoms. The van der Waals surface area contributed by atoms with Gasteiger partial charge in [0.2, 0.25) is 0 Å². The lowest BCUT2D eigenvalue weighted by atomic mass is 10.1. The van der Waals surface area contributed by atoms with E-state index in [4.69, 9.17) is 0 Å². The number of urea groups is 1. The zero-order valence-corrected chi connectivity index (χ0v) is 28.0. The van der Waals surface area contributed by atoms with Crippen molar-refractivity contribution in [1.82, 2.24) is 0 Å². The Morgan fingerprint density at radius 2 is 0.808 bits per heavy atom. The smallest absolute Gasteiger partial charge is 0.323 e. The van der Waals surface area contributed by atoms with Crippen molar-refractivity contribution < 1.29 is 50.5 Å². The number of hydrogen-bond acceptors (Lipinski definition) is 9. The fourth-order valence-corrected chi connectivity index (χ4v) is 6.25. The summed E-state index contributed by atoms with van der Waals surface area (Å²) in [6.07, 6.45) is 0. The van der Waals surface area contributed by atoms with Gasteiger partial charge in [-0.25, -0.2) is 4.79 Å². The minimum absolute atomic E-state index is 0.0703. The summed E-state index contributed by atoms with van der Waals surface area (Å²) in [5.41, 5.74) is 0.750. The van der Waals surface area contributed by atoms with Crippen LogP contribution in [0.3, 0.4) is 0 Å². The van der Waals surface area contributed by atoms with Crippen LogP contribution < -0.4 is 21.3 Å². The Morgan fingerprint density at radius 3 is 1.15 bits per heavy atom. The SMILES string of the molecule is O=C(Nc1ccc(C(=O)Nc2c(O)ccc3ccc(S(=O)(=O)O)cc23)cc1)Nc1ccc(C(=O)Nc2c(O)ccc3ccc(S(=O)(=O)O)cc23)cc1. The first kappa shape index (κ1) is 35.3. The number of hydrogen-bond donors (Lipinski definition) is 8. The van der Waals surface area contributed by atoms with E-state index in [0.717, 1.165) is 12.1 Å². The molecule has 52 heavy (non-hydrogen) atoms. The molecule has 6 rings (SSSR count). The molecule has 0 heterocycles. The Bertz CT molecular complexity index is 2460. The van der Waals surface area contributed by atoms with E-state index in [-0.39, 0.29) is 44.8 Å². The van der Waals surface area contributed by atoms with Gasteiger partial charge in [-0.2, -0.15) is 16.8 Å². The molecule has 0 radical (unpaired) electrons. The zero-order chi connectivity index (χ0) is 37.4. The van der Waals surface area contributed by atoms with E-state index in [1.165, 1.54) is 97.1 Å². The fraction of sp³-hybridized carbons (Fsp3) is 0. The maximum atomic E-state index is 13.0. The Hall–Kier alpha value is -6.53. The van der Waals surface area contributed by atoms with Gasteiger partial charge in [0.25, 0.3) is 32.1 Å². The predicted octanol–water partition coefficient (Wildman–Crippen LogP) is 6.05. The van der Waals surface area contributed by atoms with Gasteiger partial charge in [0, 0.05) is 33.3 Å². The largest absolute Gasteiger partial charge is 0.506 e. The molecule has 6 aromatic rings. The molecular weight excluding hydrogens is 717 g/mol. The second kappa shape index (κ2) is 13.6.